The van der Waals surface area contributed by atoms with Crippen LogP contribution in [0.15, 0.2) is 40.9 Å². The Morgan fingerprint density at radius 2 is 1.94 bits per heavy atom. The number of amides is 3. The molecule has 0 N–H and O–H groups in total. The van der Waals surface area contributed by atoms with E-state index in [2.05, 4.69) is 22.9 Å². The fourth-order valence-electron chi connectivity index (χ4n) is 4.88. The van der Waals surface area contributed by atoms with Gasteiger partial charge >= 0.3 is 6.03 Å². The molecule has 2 aliphatic heterocycles. The smallest absolute Gasteiger partial charge is 0.328 e. The first-order valence-electron chi connectivity index (χ1n) is 11.3. The highest BCUT2D eigenvalue weighted by Crippen LogP contribution is 2.38. The zero-order valence-electron chi connectivity index (χ0n) is 18.7. The van der Waals surface area contributed by atoms with Gasteiger partial charge in [-0.05, 0) is 63.9 Å². The number of likely N-dealkylation sites (N-methyl/N-ethyl adjacent to an activating group) is 1. The Morgan fingerprint density at radius 1 is 1.16 bits per heavy atom. The van der Waals surface area contributed by atoms with Gasteiger partial charge in [-0.2, -0.15) is 0 Å². The van der Waals surface area contributed by atoms with Crippen molar-refractivity contribution in [3.8, 4) is 0 Å². The fraction of sp³-hybridized carbons (Fsp3) is 0.542. The molecule has 2 aliphatic rings. The van der Waals surface area contributed by atoms with Crippen molar-refractivity contribution in [3.63, 3.8) is 0 Å². The van der Waals surface area contributed by atoms with E-state index < -0.39 is 5.54 Å². The van der Waals surface area contributed by atoms with Gasteiger partial charge in [-0.15, -0.1) is 0 Å². The molecular weight excluding hydrogens is 392 g/mol. The van der Waals surface area contributed by atoms with Crippen molar-refractivity contribution in [2.24, 2.45) is 0 Å². The van der Waals surface area contributed by atoms with Crippen LogP contribution in [-0.2, 0) is 11.3 Å². The molecule has 7 heteroatoms. The van der Waals surface area contributed by atoms with E-state index in [0.717, 1.165) is 43.3 Å². The third-order valence-electron chi connectivity index (χ3n) is 6.79. The first kappa shape index (κ1) is 21.6. The molecular formula is C24H32N4O3. The second kappa shape index (κ2) is 8.83. The van der Waals surface area contributed by atoms with Crippen LogP contribution in [0, 0.1) is 6.92 Å². The summed E-state index contributed by atoms with van der Waals surface area (Å²) < 4.78 is 5.76. The number of aryl methyl sites for hydroxylation is 1. The number of carbonyl (C=O) groups is 2. The molecule has 0 radical (unpaired) electrons. The number of aromatic nitrogens is 1. The van der Waals surface area contributed by atoms with Gasteiger partial charge in [-0.3, -0.25) is 14.7 Å². The summed E-state index contributed by atoms with van der Waals surface area (Å²) in [5.74, 6) is 2.27. The summed E-state index contributed by atoms with van der Waals surface area (Å²) in [4.78, 5) is 36.4. The molecule has 4 rings (SSSR count). The number of hydrogen-bond donors (Lipinski definition) is 0. The van der Waals surface area contributed by atoms with Gasteiger partial charge in [0.2, 0.25) is 0 Å². The van der Waals surface area contributed by atoms with Crippen LogP contribution in [0.3, 0.4) is 0 Å². The molecule has 1 unspecified atom stereocenters. The molecule has 166 valence electrons. The molecule has 0 bridgehead atoms. The number of carbonyl (C=O) groups excluding carboxylic acids is 2. The van der Waals surface area contributed by atoms with Crippen LogP contribution in [0.1, 0.15) is 56.2 Å². The van der Waals surface area contributed by atoms with Gasteiger partial charge in [0, 0.05) is 31.7 Å². The van der Waals surface area contributed by atoms with Crippen molar-refractivity contribution in [2.45, 2.75) is 58.0 Å². The third-order valence-corrected chi connectivity index (χ3v) is 6.79. The van der Waals surface area contributed by atoms with E-state index in [0.29, 0.717) is 25.3 Å². The first-order valence-corrected chi connectivity index (χ1v) is 11.3. The van der Waals surface area contributed by atoms with Gasteiger partial charge in [0.15, 0.2) is 0 Å². The third kappa shape index (κ3) is 4.11. The van der Waals surface area contributed by atoms with Crippen molar-refractivity contribution in [3.05, 3.63) is 53.7 Å². The quantitative estimate of drug-likeness (QED) is 0.633. The Bertz CT molecular complexity index is 918. The molecule has 3 amide bonds. The number of likely N-dealkylation sites (tertiary alicyclic amines) is 1. The maximum absolute atomic E-state index is 13.4. The second-order valence-corrected chi connectivity index (χ2v) is 8.75. The number of imide groups is 1. The topological polar surface area (TPSA) is 69.9 Å². The summed E-state index contributed by atoms with van der Waals surface area (Å²) >= 11 is 0. The summed E-state index contributed by atoms with van der Waals surface area (Å²) in [6.45, 7) is 9.49. The van der Waals surface area contributed by atoms with E-state index in [4.69, 9.17) is 4.42 Å². The lowest BCUT2D eigenvalue weighted by molar-refractivity contribution is -0.136. The van der Waals surface area contributed by atoms with Gasteiger partial charge in [0.1, 0.15) is 17.1 Å². The molecule has 31 heavy (non-hydrogen) atoms. The van der Waals surface area contributed by atoms with Crippen molar-refractivity contribution < 1.29 is 14.0 Å². The molecule has 7 nitrogen and oxygen atoms in total. The molecule has 4 heterocycles. The molecule has 0 saturated carbocycles. The number of pyridine rings is 1. The Labute approximate surface area is 184 Å². The van der Waals surface area contributed by atoms with Crippen LogP contribution < -0.4 is 0 Å². The zero-order valence-corrected chi connectivity index (χ0v) is 18.7. The van der Waals surface area contributed by atoms with Gasteiger partial charge in [0.25, 0.3) is 5.91 Å². The minimum absolute atomic E-state index is 0.0657. The summed E-state index contributed by atoms with van der Waals surface area (Å²) in [6, 6.07) is 9.45. The second-order valence-electron chi connectivity index (χ2n) is 8.75. The number of piperidine rings is 1. The van der Waals surface area contributed by atoms with Crippen LogP contribution in [0.4, 0.5) is 4.79 Å². The molecule has 0 aliphatic carbocycles. The molecule has 2 fully saturated rings. The highest BCUT2D eigenvalue weighted by Gasteiger charge is 2.57. The first-order chi connectivity index (χ1) is 14.9. The predicted molar refractivity (Wildman–Crippen MR) is 117 cm³/mol. The number of nitrogens with zero attached hydrogens (tertiary/aromatic N) is 4. The lowest BCUT2D eigenvalue weighted by Gasteiger charge is -2.42. The lowest BCUT2D eigenvalue weighted by atomic mass is 9.85. The average molecular weight is 425 g/mol. The largest absolute Gasteiger partial charge is 0.466 e. The van der Waals surface area contributed by atoms with E-state index >= 15 is 0 Å². The van der Waals surface area contributed by atoms with Gasteiger partial charge in [0.05, 0.1) is 12.2 Å². The standard InChI is InChI=1S/C24H32N4O3/c1-4-28-23(30)27(17-20-7-5-6-13-25-20)22(29)24(28)11-15-26(16-12-24)14-10-18(2)21-9-8-19(3)31-21/h5-9,13,18H,4,10-12,14-17H2,1-3H3. The highest BCUT2D eigenvalue weighted by atomic mass is 16.3. The molecule has 1 atom stereocenters. The summed E-state index contributed by atoms with van der Waals surface area (Å²) in [7, 11) is 0. The van der Waals surface area contributed by atoms with Gasteiger partial charge in [-0.25, -0.2) is 4.79 Å². The van der Waals surface area contributed by atoms with Gasteiger partial charge < -0.3 is 14.2 Å². The van der Waals surface area contributed by atoms with Crippen LogP contribution in [0.2, 0.25) is 0 Å². The maximum Gasteiger partial charge on any atom is 0.328 e. The Kier molecular flexibility index (Phi) is 6.14. The van der Waals surface area contributed by atoms with Crippen molar-refractivity contribution in [1.29, 1.82) is 0 Å². The average Bonchev–Trinajstić information content (AvgIpc) is 3.30. The summed E-state index contributed by atoms with van der Waals surface area (Å²) in [6.07, 6.45) is 4.06. The van der Waals surface area contributed by atoms with Crippen LogP contribution in [-0.4, -0.2) is 63.3 Å². The Hall–Kier alpha value is -2.67. The number of urea groups is 1. The summed E-state index contributed by atoms with van der Waals surface area (Å²) in [5, 5.41) is 0. The minimum Gasteiger partial charge on any atom is -0.466 e. The number of rotatable bonds is 7. The normalized spacial score (nSPS) is 20.1. The van der Waals surface area contributed by atoms with Gasteiger partial charge in [-0.1, -0.05) is 13.0 Å². The van der Waals surface area contributed by atoms with E-state index in [9.17, 15) is 9.59 Å². The van der Waals surface area contributed by atoms with Crippen molar-refractivity contribution >= 4 is 11.9 Å². The van der Waals surface area contributed by atoms with E-state index in [1.54, 1.807) is 11.1 Å². The zero-order chi connectivity index (χ0) is 22.0. The molecule has 2 saturated heterocycles. The summed E-state index contributed by atoms with van der Waals surface area (Å²) in [5.41, 5.74) is 0.0257. The van der Waals surface area contributed by atoms with Crippen LogP contribution in [0.5, 0.6) is 0 Å². The predicted octanol–water partition coefficient (Wildman–Crippen LogP) is 3.80. The molecule has 2 aromatic rings. The minimum atomic E-state index is -0.707. The lowest BCUT2D eigenvalue weighted by Crippen LogP contribution is -2.56. The van der Waals surface area contributed by atoms with Crippen molar-refractivity contribution in [1.82, 2.24) is 19.7 Å². The van der Waals surface area contributed by atoms with Crippen LogP contribution >= 0.6 is 0 Å². The number of furan rings is 1. The highest BCUT2D eigenvalue weighted by molar-refractivity contribution is 6.07. The van der Waals surface area contributed by atoms with E-state index in [1.165, 1.54) is 4.90 Å². The maximum atomic E-state index is 13.4. The van der Waals surface area contributed by atoms with Crippen LogP contribution in [0.25, 0.3) is 0 Å². The molecule has 1 spiro atoms. The SMILES string of the molecule is CCN1C(=O)N(Cc2ccccn2)C(=O)C12CCN(CCC(C)c1ccc(C)o1)CC2. The van der Waals surface area contributed by atoms with Crippen molar-refractivity contribution in [2.75, 3.05) is 26.2 Å². The van der Waals surface area contributed by atoms with E-state index in [1.807, 2.05) is 38.1 Å². The fourth-order valence-corrected chi connectivity index (χ4v) is 4.88. The monoisotopic (exact) mass is 424 g/mol. The number of hydrogen-bond acceptors (Lipinski definition) is 5. The Balaban J connectivity index is 1.39. The molecule has 0 aromatic carbocycles. The Morgan fingerprint density at radius 3 is 2.55 bits per heavy atom. The molecule has 2 aromatic heterocycles. The van der Waals surface area contributed by atoms with E-state index in [-0.39, 0.29) is 18.5 Å².